The second kappa shape index (κ2) is 6.31. The molecule has 4 heterocycles. The largest absolute Gasteiger partial charge is 0.356 e. The molecule has 1 unspecified atom stereocenters. The van der Waals surface area contributed by atoms with Gasteiger partial charge in [0.25, 0.3) is 5.56 Å². The standard InChI is InChI=1S/C18H22N6O/c1-3-14-9-18(24-16(22-14)6-7-19-24)23-8-4-5-13(11-23)15-10-17(25)21-12(2)20-15/h6-7,9-10,13H,3-5,8,11H2,1-2H3,(H,20,21,25). The Kier molecular flexibility index (Phi) is 3.99. The molecule has 0 spiro atoms. The fraction of sp³-hybridized carbons (Fsp3) is 0.444. The smallest absolute Gasteiger partial charge is 0.251 e. The van der Waals surface area contributed by atoms with Gasteiger partial charge in [0.15, 0.2) is 5.65 Å². The van der Waals surface area contributed by atoms with Crippen LogP contribution in [0.1, 0.15) is 42.9 Å². The Hall–Kier alpha value is -2.70. The Morgan fingerprint density at radius 1 is 1.32 bits per heavy atom. The van der Waals surface area contributed by atoms with Crippen LogP contribution < -0.4 is 10.5 Å². The fourth-order valence-electron chi connectivity index (χ4n) is 3.59. The molecule has 1 aliphatic heterocycles. The monoisotopic (exact) mass is 338 g/mol. The molecule has 1 fully saturated rings. The number of hydrogen-bond donors (Lipinski definition) is 1. The molecule has 4 rings (SSSR count). The van der Waals surface area contributed by atoms with E-state index < -0.39 is 0 Å². The van der Waals surface area contributed by atoms with Crippen molar-refractivity contribution in [2.24, 2.45) is 0 Å². The first-order chi connectivity index (χ1) is 12.1. The first kappa shape index (κ1) is 15.8. The molecule has 1 saturated heterocycles. The zero-order chi connectivity index (χ0) is 17.4. The Labute approximate surface area is 145 Å². The molecule has 7 nitrogen and oxygen atoms in total. The van der Waals surface area contributed by atoms with E-state index in [-0.39, 0.29) is 11.5 Å². The van der Waals surface area contributed by atoms with Crippen molar-refractivity contribution < 1.29 is 0 Å². The average molecular weight is 338 g/mol. The molecule has 1 aliphatic rings. The predicted molar refractivity (Wildman–Crippen MR) is 96.1 cm³/mol. The van der Waals surface area contributed by atoms with E-state index in [0.717, 1.165) is 55.2 Å². The van der Waals surface area contributed by atoms with Gasteiger partial charge in [0.2, 0.25) is 0 Å². The predicted octanol–water partition coefficient (Wildman–Crippen LogP) is 2.07. The molecule has 0 radical (unpaired) electrons. The number of piperidine rings is 1. The molecule has 1 N–H and O–H groups in total. The van der Waals surface area contributed by atoms with Crippen LogP contribution in [0.25, 0.3) is 5.65 Å². The number of aromatic nitrogens is 5. The van der Waals surface area contributed by atoms with Gasteiger partial charge in [0.05, 0.1) is 11.9 Å². The van der Waals surface area contributed by atoms with Crippen molar-refractivity contribution in [1.82, 2.24) is 24.6 Å². The van der Waals surface area contributed by atoms with Crippen LogP contribution in [0.15, 0.2) is 29.2 Å². The van der Waals surface area contributed by atoms with E-state index in [1.165, 1.54) is 0 Å². The van der Waals surface area contributed by atoms with Crippen LogP contribution in [0.3, 0.4) is 0 Å². The van der Waals surface area contributed by atoms with Crippen molar-refractivity contribution in [3.63, 3.8) is 0 Å². The second-order valence-corrected chi connectivity index (χ2v) is 6.60. The summed E-state index contributed by atoms with van der Waals surface area (Å²) in [5.41, 5.74) is 2.75. The molecule has 0 aliphatic carbocycles. The lowest BCUT2D eigenvalue weighted by atomic mass is 9.94. The summed E-state index contributed by atoms with van der Waals surface area (Å²) in [4.78, 5) is 26.0. The van der Waals surface area contributed by atoms with Gasteiger partial charge in [-0.3, -0.25) is 4.79 Å². The van der Waals surface area contributed by atoms with E-state index in [9.17, 15) is 4.79 Å². The van der Waals surface area contributed by atoms with E-state index in [4.69, 9.17) is 0 Å². The number of rotatable bonds is 3. The lowest BCUT2D eigenvalue weighted by Crippen LogP contribution is -2.36. The number of fused-ring (bicyclic) bond motifs is 1. The molecule has 0 bridgehead atoms. The summed E-state index contributed by atoms with van der Waals surface area (Å²) >= 11 is 0. The van der Waals surface area contributed by atoms with Crippen LogP contribution in [0.5, 0.6) is 0 Å². The number of nitrogens with zero attached hydrogens (tertiary/aromatic N) is 5. The highest BCUT2D eigenvalue weighted by atomic mass is 16.1. The van der Waals surface area contributed by atoms with E-state index in [2.05, 4.69) is 37.9 Å². The van der Waals surface area contributed by atoms with E-state index >= 15 is 0 Å². The summed E-state index contributed by atoms with van der Waals surface area (Å²) < 4.78 is 1.90. The van der Waals surface area contributed by atoms with Gasteiger partial charge < -0.3 is 9.88 Å². The second-order valence-electron chi connectivity index (χ2n) is 6.60. The molecule has 3 aromatic heterocycles. The van der Waals surface area contributed by atoms with E-state index in [1.807, 2.05) is 17.5 Å². The molecular weight excluding hydrogens is 316 g/mol. The van der Waals surface area contributed by atoms with Gasteiger partial charge in [-0.05, 0) is 26.2 Å². The third-order valence-electron chi connectivity index (χ3n) is 4.80. The van der Waals surface area contributed by atoms with Gasteiger partial charge in [-0.25, -0.2) is 9.97 Å². The van der Waals surface area contributed by atoms with Crippen molar-refractivity contribution in [3.8, 4) is 0 Å². The topological polar surface area (TPSA) is 79.2 Å². The summed E-state index contributed by atoms with van der Waals surface area (Å²) in [5, 5.41) is 4.44. The number of H-pyrrole nitrogens is 1. The third-order valence-corrected chi connectivity index (χ3v) is 4.80. The Bertz CT molecular complexity index is 960. The van der Waals surface area contributed by atoms with Gasteiger partial charge in [-0.15, -0.1) is 0 Å². The van der Waals surface area contributed by atoms with Crippen LogP contribution in [0.2, 0.25) is 0 Å². The van der Waals surface area contributed by atoms with Crippen molar-refractivity contribution in [1.29, 1.82) is 0 Å². The van der Waals surface area contributed by atoms with Crippen molar-refractivity contribution in [3.05, 3.63) is 52.0 Å². The quantitative estimate of drug-likeness (QED) is 0.791. The number of anilines is 1. The van der Waals surface area contributed by atoms with Gasteiger partial charge in [-0.1, -0.05) is 6.92 Å². The molecule has 25 heavy (non-hydrogen) atoms. The van der Waals surface area contributed by atoms with Crippen LogP contribution in [-0.4, -0.2) is 37.7 Å². The minimum atomic E-state index is -0.0775. The number of nitrogens with one attached hydrogen (secondary N) is 1. The lowest BCUT2D eigenvalue weighted by molar-refractivity contribution is 0.493. The lowest BCUT2D eigenvalue weighted by Gasteiger charge is -2.34. The summed E-state index contributed by atoms with van der Waals surface area (Å²) in [5.74, 6) is 1.99. The average Bonchev–Trinajstić information content (AvgIpc) is 3.08. The molecule has 0 amide bonds. The highest BCUT2D eigenvalue weighted by Crippen LogP contribution is 2.29. The molecule has 7 heteroatoms. The maximum absolute atomic E-state index is 11.8. The molecule has 3 aromatic rings. The fourth-order valence-corrected chi connectivity index (χ4v) is 3.59. The van der Waals surface area contributed by atoms with Crippen molar-refractivity contribution in [2.75, 3.05) is 18.0 Å². The Morgan fingerprint density at radius 3 is 3.00 bits per heavy atom. The SMILES string of the molecule is CCc1cc(N2CCCC(c3cc(=O)[nH]c(C)n3)C2)n2nccc2n1. The molecule has 130 valence electrons. The highest BCUT2D eigenvalue weighted by Gasteiger charge is 2.25. The van der Waals surface area contributed by atoms with E-state index in [1.54, 1.807) is 12.3 Å². The van der Waals surface area contributed by atoms with Crippen molar-refractivity contribution in [2.45, 2.75) is 39.0 Å². The maximum Gasteiger partial charge on any atom is 0.251 e. The number of aromatic amines is 1. The molecule has 0 aromatic carbocycles. The maximum atomic E-state index is 11.8. The normalized spacial score (nSPS) is 18.0. The van der Waals surface area contributed by atoms with Crippen LogP contribution >= 0.6 is 0 Å². The third kappa shape index (κ3) is 3.01. The number of hydrogen-bond acceptors (Lipinski definition) is 5. The first-order valence-electron chi connectivity index (χ1n) is 8.80. The highest BCUT2D eigenvalue weighted by molar-refractivity contribution is 5.51. The van der Waals surface area contributed by atoms with Crippen molar-refractivity contribution >= 4 is 11.5 Å². The summed E-state index contributed by atoms with van der Waals surface area (Å²) in [7, 11) is 0. The van der Waals surface area contributed by atoms with Gasteiger partial charge in [0, 0.05) is 42.9 Å². The van der Waals surface area contributed by atoms with E-state index in [0.29, 0.717) is 5.82 Å². The van der Waals surface area contributed by atoms with Crippen LogP contribution in [0, 0.1) is 6.92 Å². The van der Waals surface area contributed by atoms with Crippen LogP contribution in [-0.2, 0) is 6.42 Å². The molecular formula is C18H22N6O. The van der Waals surface area contributed by atoms with Crippen LogP contribution in [0.4, 0.5) is 5.82 Å². The minimum absolute atomic E-state index is 0.0775. The summed E-state index contributed by atoms with van der Waals surface area (Å²) in [6, 6.07) is 5.69. The molecule has 0 saturated carbocycles. The Morgan fingerprint density at radius 2 is 2.20 bits per heavy atom. The minimum Gasteiger partial charge on any atom is -0.356 e. The van der Waals surface area contributed by atoms with Gasteiger partial charge in [0.1, 0.15) is 11.6 Å². The summed E-state index contributed by atoms with van der Waals surface area (Å²) in [6.45, 7) is 5.74. The Balaban J connectivity index is 1.70. The number of aryl methyl sites for hydroxylation is 2. The van der Waals surface area contributed by atoms with Gasteiger partial charge in [-0.2, -0.15) is 9.61 Å². The summed E-state index contributed by atoms with van der Waals surface area (Å²) in [6.07, 6.45) is 4.78. The molecule has 1 atom stereocenters. The first-order valence-corrected chi connectivity index (χ1v) is 8.80. The van der Waals surface area contributed by atoms with Gasteiger partial charge >= 0.3 is 0 Å². The zero-order valence-corrected chi connectivity index (χ0v) is 14.6. The zero-order valence-electron chi connectivity index (χ0n) is 14.6.